The molecule has 0 atom stereocenters. The van der Waals surface area contributed by atoms with Crippen LogP contribution in [-0.4, -0.2) is 30.6 Å². The van der Waals surface area contributed by atoms with Gasteiger partial charge in [0, 0.05) is 6.20 Å². The molecule has 0 aliphatic rings. The number of nitrogens with one attached hydrogen (secondary N) is 1. The van der Waals surface area contributed by atoms with Crippen LogP contribution in [-0.2, 0) is 9.53 Å². The first-order chi connectivity index (χ1) is 7.63. The van der Waals surface area contributed by atoms with Crippen molar-refractivity contribution in [3.05, 3.63) is 23.9 Å². The van der Waals surface area contributed by atoms with Gasteiger partial charge >= 0.3 is 5.97 Å². The lowest BCUT2D eigenvalue weighted by molar-refractivity contribution is -0.138. The molecule has 0 aliphatic heterocycles. The number of carbonyl (C=O) groups is 1. The van der Waals surface area contributed by atoms with Crippen molar-refractivity contribution in [1.82, 2.24) is 4.98 Å². The lowest BCUT2D eigenvalue weighted by Gasteiger charge is -2.06. The molecule has 6 nitrogen and oxygen atoms in total. The quantitative estimate of drug-likeness (QED) is 0.436. The molecule has 0 aliphatic carbocycles. The second-order valence-corrected chi connectivity index (χ2v) is 3.07. The van der Waals surface area contributed by atoms with E-state index in [-0.39, 0.29) is 12.5 Å². The minimum Gasteiger partial charge on any atom is -0.468 e. The number of pyridine rings is 1. The van der Waals surface area contributed by atoms with E-state index < -0.39 is 5.97 Å². The molecule has 0 unspecified atom stereocenters. The lowest BCUT2D eigenvalue weighted by atomic mass is 10.3. The number of ether oxygens (including phenoxy) is 1. The Bertz CT molecular complexity index is 404. The molecule has 86 valence electrons. The third kappa shape index (κ3) is 3.56. The van der Waals surface area contributed by atoms with E-state index in [1.54, 1.807) is 6.20 Å². The van der Waals surface area contributed by atoms with Gasteiger partial charge < -0.3 is 15.8 Å². The third-order valence-corrected chi connectivity index (χ3v) is 1.86. The number of guanidine groups is 1. The number of carbonyl (C=O) groups excluding carboxylic acids is 1. The van der Waals surface area contributed by atoms with E-state index in [2.05, 4.69) is 20.0 Å². The second kappa shape index (κ2) is 5.69. The summed E-state index contributed by atoms with van der Waals surface area (Å²) in [4.78, 5) is 18.7. The molecule has 0 fully saturated rings. The molecule has 16 heavy (non-hydrogen) atoms. The van der Waals surface area contributed by atoms with Crippen LogP contribution in [0.25, 0.3) is 0 Å². The summed E-state index contributed by atoms with van der Waals surface area (Å²) in [5, 5.41) is 2.80. The number of rotatable bonds is 3. The summed E-state index contributed by atoms with van der Waals surface area (Å²) in [5.41, 5.74) is 6.51. The Morgan fingerprint density at radius 2 is 2.44 bits per heavy atom. The summed E-state index contributed by atoms with van der Waals surface area (Å²) in [6.45, 7) is 1.78. The van der Waals surface area contributed by atoms with Gasteiger partial charge in [-0.15, -0.1) is 0 Å². The number of hydrogen-bond donors (Lipinski definition) is 2. The standard InChI is InChI=1S/C10H14N4O2/c1-7-4-3-5-12-9(7)14-10(11)13-6-8(15)16-2/h3-5H,6H2,1-2H3,(H3,11,12,13,14). The second-order valence-electron chi connectivity index (χ2n) is 3.07. The van der Waals surface area contributed by atoms with Gasteiger partial charge in [0.25, 0.3) is 0 Å². The number of esters is 1. The first-order valence-corrected chi connectivity index (χ1v) is 4.69. The zero-order valence-corrected chi connectivity index (χ0v) is 9.23. The number of aromatic nitrogens is 1. The fourth-order valence-electron chi connectivity index (χ4n) is 0.992. The SMILES string of the molecule is COC(=O)CN=C(N)Nc1ncccc1C. The molecule has 0 saturated heterocycles. The molecule has 0 aromatic carbocycles. The average Bonchev–Trinajstić information content (AvgIpc) is 2.29. The van der Waals surface area contributed by atoms with Crippen molar-refractivity contribution in [3.63, 3.8) is 0 Å². The molecule has 0 saturated carbocycles. The van der Waals surface area contributed by atoms with Crippen LogP contribution in [0.2, 0.25) is 0 Å². The zero-order valence-electron chi connectivity index (χ0n) is 9.23. The van der Waals surface area contributed by atoms with Crippen LogP contribution in [0.3, 0.4) is 0 Å². The average molecular weight is 222 g/mol. The maximum atomic E-state index is 10.8. The molecule has 0 radical (unpaired) electrons. The molecular weight excluding hydrogens is 208 g/mol. The van der Waals surface area contributed by atoms with Crippen molar-refractivity contribution in [2.24, 2.45) is 10.7 Å². The van der Waals surface area contributed by atoms with E-state index in [0.717, 1.165) is 5.56 Å². The molecule has 0 bridgehead atoms. The lowest BCUT2D eigenvalue weighted by Crippen LogP contribution is -2.25. The van der Waals surface area contributed by atoms with Gasteiger partial charge in [-0.1, -0.05) is 6.07 Å². The highest BCUT2D eigenvalue weighted by Gasteiger charge is 2.01. The summed E-state index contributed by atoms with van der Waals surface area (Å²) in [6.07, 6.45) is 1.64. The molecule has 1 rings (SSSR count). The Labute approximate surface area is 93.5 Å². The molecule has 0 spiro atoms. The Morgan fingerprint density at radius 1 is 1.69 bits per heavy atom. The topological polar surface area (TPSA) is 89.6 Å². The van der Waals surface area contributed by atoms with Gasteiger partial charge in [-0.2, -0.15) is 0 Å². The fourth-order valence-corrected chi connectivity index (χ4v) is 0.992. The molecule has 6 heteroatoms. The van der Waals surface area contributed by atoms with E-state index in [0.29, 0.717) is 5.82 Å². The van der Waals surface area contributed by atoms with E-state index in [1.165, 1.54) is 7.11 Å². The first-order valence-electron chi connectivity index (χ1n) is 4.69. The maximum absolute atomic E-state index is 10.8. The van der Waals surface area contributed by atoms with E-state index in [9.17, 15) is 4.79 Å². The normalized spacial score (nSPS) is 11.0. The number of nitrogens with two attached hydrogens (primary N) is 1. The van der Waals surface area contributed by atoms with Crippen LogP contribution in [0, 0.1) is 6.92 Å². The van der Waals surface area contributed by atoms with Crippen molar-refractivity contribution < 1.29 is 9.53 Å². The van der Waals surface area contributed by atoms with Gasteiger partial charge in [0.05, 0.1) is 7.11 Å². The minimum atomic E-state index is -0.442. The van der Waals surface area contributed by atoms with Gasteiger partial charge in [-0.05, 0) is 18.6 Å². The number of methoxy groups -OCH3 is 1. The highest BCUT2D eigenvalue weighted by Crippen LogP contribution is 2.07. The molecule has 1 aromatic rings. The summed E-state index contributed by atoms with van der Waals surface area (Å²) in [5.74, 6) is 0.309. The van der Waals surface area contributed by atoms with Crippen molar-refractivity contribution in [2.75, 3.05) is 19.0 Å². The Morgan fingerprint density at radius 3 is 3.06 bits per heavy atom. The van der Waals surface area contributed by atoms with Crippen molar-refractivity contribution in [2.45, 2.75) is 6.92 Å². The van der Waals surface area contributed by atoms with Crippen LogP contribution in [0.1, 0.15) is 5.56 Å². The van der Waals surface area contributed by atoms with Crippen molar-refractivity contribution in [3.8, 4) is 0 Å². The summed E-state index contributed by atoms with van der Waals surface area (Å²) >= 11 is 0. The molecule has 1 aromatic heterocycles. The summed E-state index contributed by atoms with van der Waals surface area (Å²) in [7, 11) is 1.30. The highest BCUT2D eigenvalue weighted by molar-refractivity contribution is 5.93. The molecular formula is C10H14N4O2. The number of aliphatic imine (C=N–C) groups is 1. The van der Waals surface area contributed by atoms with Crippen LogP contribution in [0.15, 0.2) is 23.3 Å². The van der Waals surface area contributed by atoms with Gasteiger partial charge in [0.2, 0.25) is 0 Å². The monoisotopic (exact) mass is 222 g/mol. The third-order valence-electron chi connectivity index (χ3n) is 1.86. The number of aryl methyl sites for hydroxylation is 1. The van der Waals surface area contributed by atoms with E-state index >= 15 is 0 Å². The Balaban J connectivity index is 2.61. The maximum Gasteiger partial charge on any atom is 0.327 e. The van der Waals surface area contributed by atoms with Gasteiger partial charge in [0.15, 0.2) is 5.96 Å². The number of hydrogen-bond acceptors (Lipinski definition) is 4. The Hall–Kier alpha value is -2.11. The minimum absolute atomic E-state index is 0.110. The number of nitrogens with zero attached hydrogens (tertiary/aromatic N) is 2. The fraction of sp³-hybridized carbons (Fsp3) is 0.300. The van der Waals surface area contributed by atoms with E-state index in [1.807, 2.05) is 19.1 Å². The van der Waals surface area contributed by atoms with E-state index in [4.69, 9.17) is 5.73 Å². The van der Waals surface area contributed by atoms with Gasteiger partial charge in [-0.3, -0.25) is 4.79 Å². The van der Waals surface area contributed by atoms with Crippen LogP contribution in [0.5, 0.6) is 0 Å². The van der Waals surface area contributed by atoms with Crippen molar-refractivity contribution in [1.29, 1.82) is 0 Å². The zero-order chi connectivity index (χ0) is 12.0. The first kappa shape index (κ1) is 12.0. The van der Waals surface area contributed by atoms with Crippen molar-refractivity contribution >= 4 is 17.7 Å². The number of anilines is 1. The molecule has 0 amide bonds. The Kier molecular flexibility index (Phi) is 4.26. The van der Waals surface area contributed by atoms with Gasteiger partial charge in [-0.25, -0.2) is 9.98 Å². The van der Waals surface area contributed by atoms with Crippen LogP contribution < -0.4 is 11.1 Å². The largest absolute Gasteiger partial charge is 0.468 e. The van der Waals surface area contributed by atoms with Gasteiger partial charge in [0.1, 0.15) is 12.4 Å². The van der Waals surface area contributed by atoms with Crippen LogP contribution >= 0.6 is 0 Å². The smallest absolute Gasteiger partial charge is 0.327 e. The molecule has 1 heterocycles. The predicted molar refractivity (Wildman–Crippen MR) is 61.1 cm³/mol. The highest BCUT2D eigenvalue weighted by atomic mass is 16.5. The van der Waals surface area contributed by atoms with Crippen LogP contribution in [0.4, 0.5) is 5.82 Å². The summed E-state index contributed by atoms with van der Waals surface area (Å²) < 4.78 is 4.43. The molecule has 3 N–H and O–H groups in total. The predicted octanol–water partition coefficient (Wildman–Crippen LogP) is 0.290. The summed E-state index contributed by atoms with van der Waals surface area (Å²) in [6, 6.07) is 3.71.